The number of methoxy groups -OCH3 is 1. The Labute approximate surface area is 117 Å². The minimum Gasteiger partial charge on any atom is -0.508 e. The van der Waals surface area contributed by atoms with Crippen LogP contribution in [-0.4, -0.2) is 18.2 Å². The van der Waals surface area contributed by atoms with Gasteiger partial charge in [0.1, 0.15) is 11.5 Å². The Balaban J connectivity index is 1.91. The van der Waals surface area contributed by atoms with Gasteiger partial charge in [-0.15, -0.1) is 0 Å². The van der Waals surface area contributed by atoms with Crippen LogP contribution in [0, 0.1) is 0 Å². The molecule has 0 radical (unpaired) electrons. The van der Waals surface area contributed by atoms with Crippen LogP contribution in [0.15, 0.2) is 48.5 Å². The normalized spacial score (nSPS) is 9.85. The van der Waals surface area contributed by atoms with Crippen LogP contribution in [0.2, 0.25) is 0 Å². The van der Waals surface area contributed by atoms with Crippen molar-refractivity contribution in [2.45, 2.75) is 6.54 Å². The molecule has 2 amide bonds. The van der Waals surface area contributed by atoms with E-state index in [1.165, 1.54) is 0 Å². The van der Waals surface area contributed by atoms with Gasteiger partial charge in [0.15, 0.2) is 0 Å². The number of hydrogen-bond acceptors (Lipinski definition) is 3. The molecule has 0 spiro atoms. The predicted molar refractivity (Wildman–Crippen MR) is 77.0 cm³/mol. The molecule has 0 aromatic heterocycles. The minimum atomic E-state index is -0.346. The largest absolute Gasteiger partial charge is 0.508 e. The number of phenolic OH excluding ortho intramolecular Hbond substituents is 1. The number of carbonyl (C=O) groups excluding carboxylic acids is 1. The van der Waals surface area contributed by atoms with Crippen molar-refractivity contribution < 1.29 is 14.6 Å². The van der Waals surface area contributed by atoms with Crippen molar-refractivity contribution in [3.63, 3.8) is 0 Å². The second-order valence-corrected chi connectivity index (χ2v) is 4.17. The van der Waals surface area contributed by atoms with Crippen molar-refractivity contribution in [1.29, 1.82) is 0 Å². The van der Waals surface area contributed by atoms with E-state index >= 15 is 0 Å². The number of phenols is 1. The molecule has 5 nitrogen and oxygen atoms in total. The first-order valence-corrected chi connectivity index (χ1v) is 6.15. The number of para-hydroxylation sites is 1. The van der Waals surface area contributed by atoms with Gasteiger partial charge in [0.25, 0.3) is 0 Å². The number of amides is 2. The third kappa shape index (κ3) is 3.65. The summed E-state index contributed by atoms with van der Waals surface area (Å²) in [5.74, 6) is 0.831. The Hall–Kier alpha value is -2.69. The summed E-state index contributed by atoms with van der Waals surface area (Å²) in [7, 11) is 1.57. The molecule has 0 saturated heterocycles. The summed E-state index contributed by atoms with van der Waals surface area (Å²) in [4.78, 5) is 11.8. The Kier molecular flexibility index (Phi) is 4.44. The number of carbonyl (C=O) groups is 1. The average Bonchev–Trinajstić information content (AvgIpc) is 2.46. The van der Waals surface area contributed by atoms with E-state index in [1.807, 2.05) is 0 Å². The van der Waals surface area contributed by atoms with Gasteiger partial charge < -0.3 is 20.5 Å². The molecular weight excluding hydrogens is 256 g/mol. The van der Waals surface area contributed by atoms with Gasteiger partial charge in [-0.1, -0.05) is 24.3 Å². The van der Waals surface area contributed by atoms with Gasteiger partial charge in [-0.2, -0.15) is 0 Å². The van der Waals surface area contributed by atoms with Gasteiger partial charge in [0.2, 0.25) is 0 Å². The molecule has 2 aromatic rings. The van der Waals surface area contributed by atoms with Gasteiger partial charge in [-0.3, -0.25) is 0 Å². The standard InChI is InChI=1S/C15H16N2O3/c1-20-13-7-4-6-12(9-13)17-15(19)16-10-11-5-2-3-8-14(11)18/h2-9,18H,10H2,1H3,(H2,16,17,19). The highest BCUT2D eigenvalue weighted by atomic mass is 16.5. The zero-order valence-electron chi connectivity index (χ0n) is 11.1. The van der Waals surface area contributed by atoms with Gasteiger partial charge >= 0.3 is 6.03 Å². The first-order chi connectivity index (χ1) is 9.69. The van der Waals surface area contributed by atoms with Crippen LogP contribution in [0.3, 0.4) is 0 Å². The fraction of sp³-hybridized carbons (Fsp3) is 0.133. The van der Waals surface area contributed by atoms with Crippen molar-refractivity contribution in [3.05, 3.63) is 54.1 Å². The molecule has 2 rings (SSSR count). The number of nitrogens with one attached hydrogen (secondary N) is 2. The van der Waals surface area contributed by atoms with Crippen LogP contribution in [0.1, 0.15) is 5.56 Å². The quantitative estimate of drug-likeness (QED) is 0.801. The number of aromatic hydroxyl groups is 1. The molecule has 0 aliphatic heterocycles. The molecule has 0 aliphatic rings. The van der Waals surface area contributed by atoms with Crippen molar-refractivity contribution in [3.8, 4) is 11.5 Å². The SMILES string of the molecule is COc1cccc(NC(=O)NCc2ccccc2O)c1. The number of urea groups is 1. The van der Waals surface area contributed by atoms with E-state index in [1.54, 1.807) is 55.6 Å². The molecular formula is C15H16N2O3. The Bertz CT molecular complexity index is 599. The van der Waals surface area contributed by atoms with Gasteiger partial charge in [0, 0.05) is 23.9 Å². The molecule has 0 unspecified atom stereocenters. The molecule has 0 saturated carbocycles. The molecule has 0 bridgehead atoms. The molecule has 0 fully saturated rings. The van der Waals surface area contributed by atoms with E-state index in [4.69, 9.17) is 4.74 Å². The van der Waals surface area contributed by atoms with Crippen LogP contribution in [0.25, 0.3) is 0 Å². The van der Waals surface area contributed by atoms with Crippen molar-refractivity contribution in [1.82, 2.24) is 5.32 Å². The van der Waals surface area contributed by atoms with E-state index in [-0.39, 0.29) is 18.3 Å². The molecule has 0 atom stereocenters. The summed E-state index contributed by atoms with van der Waals surface area (Å²) in [5.41, 5.74) is 1.30. The van der Waals surface area contributed by atoms with E-state index in [2.05, 4.69) is 10.6 Å². The number of rotatable bonds is 4. The zero-order chi connectivity index (χ0) is 14.4. The lowest BCUT2D eigenvalue weighted by atomic mass is 10.2. The summed E-state index contributed by atoms with van der Waals surface area (Å²) in [6.07, 6.45) is 0. The van der Waals surface area contributed by atoms with Crippen molar-refractivity contribution in [2.24, 2.45) is 0 Å². The number of anilines is 1. The maximum absolute atomic E-state index is 11.8. The molecule has 2 aromatic carbocycles. The third-order valence-electron chi connectivity index (χ3n) is 2.76. The van der Waals surface area contributed by atoms with Crippen LogP contribution in [0.5, 0.6) is 11.5 Å². The second kappa shape index (κ2) is 6.47. The lowest BCUT2D eigenvalue weighted by molar-refractivity contribution is 0.251. The van der Waals surface area contributed by atoms with Crippen LogP contribution < -0.4 is 15.4 Å². The highest BCUT2D eigenvalue weighted by Crippen LogP contribution is 2.17. The Morgan fingerprint density at radius 2 is 2.00 bits per heavy atom. The average molecular weight is 272 g/mol. The van der Waals surface area contributed by atoms with Crippen molar-refractivity contribution in [2.75, 3.05) is 12.4 Å². The smallest absolute Gasteiger partial charge is 0.319 e. The Morgan fingerprint density at radius 3 is 2.75 bits per heavy atom. The minimum absolute atomic E-state index is 0.161. The van der Waals surface area contributed by atoms with Crippen LogP contribution in [-0.2, 0) is 6.54 Å². The lowest BCUT2D eigenvalue weighted by Gasteiger charge is -2.09. The third-order valence-corrected chi connectivity index (χ3v) is 2.76. The van der Waals surface area contributed by atoms with E-state index < -0.39 is 0 Å². The summed E-state index contributed by atoms with van der Waals surface area (Å²) in [6.45, 7) is 0.252. The van der Waals surface area contributed by atoms with Crippen molar-refractivity contribution >= 4 is 11.7 Å². The van der Waals surface area contributed by atoms with Gasteiger partial charge in [-0.05, 0) is 18.2 Å². The molecule has 20 heavy (non-hydrogen) atoms. The van der Waals surface area contributed by atoms with Crippen LogP contribution in [0.4, 0.5) is 10.5 Å². The topological polar surface area (TPSA) is 70.6 Å². The summed E-state index contributed by atoms with van der Waals surface area (Å²) in [6, 6.07) is 13.6. The summed E-state index contributed by atoms with van der Waals surface area (Å²) < 4.78 is 5.08. The molecule has 3 N–H and O–H groups in total. The number of benzene rings is 2. The highest BCUT2D eigenvalue weighted by molar-refractivity contribution is 5.89. The van der Waals surface area contributed by atoms with Crippen LogP contribution >= 0.6 is 0 Å². The monoisotopic (exact) mass is 272 g/mol. The molecule has 5 heteroatoms. The fourth-order valence-electron chi connectivity index (χ4n) is 1.71. The maximum Gasteiger partial charge on any atom is 0.319 e. The second-order valence-electron chi connectivity index (χ2n) is 4.17. The molecule has 0 heterocycles. The summed E-state index contributed by atoms with van der Waals surface area (Å²) >= 11 is 0. The lowest BCUT2D eigenvalue weighted by Crippen LogP contribution is -2.28. The number of hydrogen-bond donors (Lipinski definition) is 3. The van der Waals surface area contributed by atoms with Gasteiger partial charge in [-0.25, -0.2) is 4.79 Å². The first kappa shape index (κ1) is 13.7. The van der Waals surface area contributed by atoms with E-state index in [0.29, 0.717) is 17.0 Å². The molecule has 0 aliphatic carbocycles. The maximum atomic E-state index is 11.8. The Morgan fingerprint density at radius 1 is 1.20 bits per heavy atom. The number of ether oxygens (including phenoxy) is 1. The molecule has 104 valence electrons. The highest BCUT2D eigenvalue weighted by Gasteiger charge is 2.04. The van der Waals surface area contributed by atoms with E-state index in [0.717, 1.165) is 0 Å². The predicted octanol–water partition coefficient (Wildman–Crippen LogP) is 2.72. The zero-order valence-corrected chi connectivity index (χ0v) is 11.1. The fourth-order valence-corrected chi connectivity index (χ4v) is 1.71. The summed E-state index contributed by atoms with van der Waals surface area (Å²) in [5, 5.41) is 15.0. The van der Waals surface area contributed by atoms with E-state index in [9.17, 15) is 9.90 Å². The van der Waals surface area contributed by atoms with Gasteiger partial charge in [0.05, 0.1) is 7.11 Å². The first-order valence-electron chi connectivity index (χ1n) is 6.15.